The summed E-state index contributed by atoms with van der Waals surface area (Å²) in [6.07, 6.45) is 1.56. The molecule has 8 heteroatoms. The molecule has 2 amide bonds. The first-order valence-corrected chi connectivity index (χ1v) is 10.6. The van der Waals surface area contributed by atoms with E-state index in [0.29, 0.717) is 28.2 Å². The third-order valence-corrected chi connectivity index (χ3v) is 5.73. The van der Waals surface area contributed by atoms with Crippen LogP contribution in [-0.2, 0) is 16.1 Å². The second-order valence-electron chi connectivity index (χ2n) is 7.95. The van der Waals surface area contributed by atoms with Crippen molar-refractivity contribution in [2.75, 3.05) is 25.0 Å². The van der Waals surface area contributed by atoms with E-state index in [-0.39, 0.29) is 24.3 Å². The van der Waals surface area contributed by atoms with Gasteiger partial charge in [-0.3, -0.25) is 14.5 Å². The van der Waals surface area contributed by atoms with Crippen molar-refractivity contribution in [3.8, 4) is 0 Å². The zero-order valence-electron chi connectivity index (χ0n) is 18.3. The van der Waals surface area contributed by atoms with Gasteiger partial charge in [0.2, 0.25) is 5.91 Å². The van der Waals surface area contributed by atoms with Crippen molar-refractivity contribution < 1.29 is 19.1 Å². The van der Waals surface area contributed by atoms with E-state index < -0.39 is 5.97 Å². The number of anilines is 1. The van der Waals surface area contributed by atoms with Crippen LogP contribution in [-0.4, -0.2) is 47.4 Å². The second kappa shape index (κ2) is 9.78. The summed E-state index contributed by atoms with van der Waals surface area (Å²) in [6, 6.07) is 7.68. The summed E-state index contributed by atoms with van der Waals surface area (Å²) >= 11 is 0. The standard InChI is InChI=1S/C23H30N4O4/c1-4-31-23(30)19-14(2)20(25-15(19)3)22(29)26-18-7-5-6-16(12-18)13-27-10-8-17(9-11-27)21(24)28/h5-7,12,17,25H,4,8-11,13H2,1-3H3,(H2,24,28)(H,26,29). The summed E-state index contributed by atoms with van der Waals surface area (Å²) in [5, 5.41) is 2.91. The molecule has 31 heavy (non-hydrogen) atoms. The van der Waals surface area contributed by atoms with Gasteiger partial charge < -0.3 is 20.8 Å². The molecule has 0 saturated carbocycles. The molecule has 1 saturated heterocycles. The Bertz CT molecular complexity index is 974. The Balaban J connectivity index is 1.66. The predicted octanol–water partition coefficient (Wildman–Crippen LogP) is 2.76. The number of hydrogen-bond donors (Lipinski definition) is 3. The van der Waals surface area contributed by atoms with E-state index in [1.54, 1.807) is 20.8 Å². The van der Waals surface area contributed by atoms with Crippen LogP contribution >= 0.6 is 0 Å². The van der Waals surface area contributed by atoms with Gasteiger partial charge >= 0.3 is 5.97 Å². The summed E-state index contributed by atoms with van der Waals surface area (Å²) in [5.74, 6) is -0.996. The molecular formula is C23H30N4O4. The average Bonchev–Trinajstić information content (AvgIpc) is 3.03. The highest BCUT2D eigenvalue weighted by molar-refractivity contribution is 6.06. The van der Waals surface area contributed by atoms with E-state index in [2.05, 4.69) is 15.2 Å². The van der Waals surface area contributed by atoms with Crippen LogP contribution in [0, 0.1) is 19.8 Å². The Labute approximate surface area is 182 Å². The molecule has 2 heterocycles. The van der Waals surface area contributed by atoms with Crippen LogP contribution in [0.4, 0.5) is 5.69 Å². The first kappa shape index (κ1) is 22.6. The van der Waals surface area contributed by atoms with Gasteiger partial charge in [-0.05, 0) is 70.0 Å². The number of esters is 1. The quantitative estimate of drug-likeness (QED) is 0.589. The third kappa shape index (κ3) is 5.32. The number of H-pyrrole nitrogens is 1. The van der Waals surface area contributed by atoms with E-state index in [4.69, 9.17) is 10.5 Å². The Hall–Kier alpha value is -3.13. The number of hydrogen-bond acceptors (Lipinski definition) is 5. The fraction of sp³-hybridized carbons (Fsp3) is 0.435. The van der Waals surface area contributed by atoms with Crippen molar-refractivity contribution in [2.45, 2.75) is 40.2 Å². The van der Waals surface area contributed by atoms with Gasteiger partial charge in [-0.1, -0.05) is 12.1 Å². The Morgan fingerprint density at radius 2 is 1.94 bits per heavy atom. The molecule has 0 aliphatic carbocycles. The molecule has 166 valence electrons. The van der Waals surface area contributed by atoms with Gasteiger partial charge in [-0.25, -0.2) is 4.79 Å². The maximum absolute atomic E-state index is 12.8. The van der Waals surface area contributed by atoms with Crippen molar-refractivity contribution in [1.29, 1.82) is 0 Å². The summed E-state index contributed by atoms with van der Waals surface area (Å²) < 4.78 is 5.09. The maximum atomic E-state index is 12.8. The summed E-state index contributed by atoms with van der Waals surface area (Å²) in [4.78, 5) is 41.6. The SMILES string of the molecule is CCOC(=O)c1c(C)[nH]c(C(=O)Nc2cccc(CN3CCC(C(N)=O)CC3)c2)c1C. The first-order valence-electron chi connectivity index (χ1n) is 10.6. The molecular weight excluding hydrogens is 396 g/mol. The van der Waals surface area contributed by atoms with Crippen molar-refractivity contribution >= 4 is 23.5 Å². The number of carbonyl (C=O) groups excluding carboxylic acids is 3. The van der Waals surface area contributed by atoms with Crippen molar-refractivity contribution in [1.82, 2.24) is 9.88 Å². The van der Waals surface area contributed by atoms with Crippen LogP contribution in [0.3, 0.4) is 0 Å². The monoisotopic (exact) mass is 426 g/mol. The van der Waals surface area contributed by atoms with Crippen LogP contribution in [0.25, 0.3) is 0 Å². The smallest absolute Gasteiger partial charge is 0.340 e. The van der Waals surface area contributed by atoms with Gasteiger partial charge in [-0.15, -0.1) is 0 Å². The lowest BCUT2D eigenvalue weighted by molar-refractivity contribution is -0.123. The lowest BCUT2D eigenvalue weighted by Gasteiger charge is -2.30. The molecule has 4 N–H and O–H groups in total. The fourth-order valence-electron chi connectivity index (χ4n) is 4.06. The van der Waals surface area contributed by atoms with Crippen LogP contribution in [0.2, 0.25) is 0 Å². The van der Waals surface area contributed by atoms with Gasteiger partial charge in [0.25, 0.3) is 5.91 Å². The van der Waals surface area contributed by atoms with Gasteiger partial charge in [0.15, 0.2) is 0 Å². The topological polar surface area (TPSA) is 118 Å². The molecule has 1 aromatic heterocycles. The number of primary amides is 1. The third-order valence-electron chi connectivity index (χ3n) is 5.73. The molecule has 0 unspecified atom stereocenters. The lowest BCUT2D eigenvalue weighted by atomic mass is 9.96. The minimum atomic E-state index is -0.435. The van der Waals surface area contributed by atoms with Crippen LogP contribution in [0.1, 0.15) is 57.4 Å². The van der Waals surface area contributed by atoms with Crippen LogP contribution < -0.4 is 11.1 Å². The largest absolute Gasteiger partial charge is 0.462 e. The molecule has 8 nitrogen and oxygen atoms in total. The van der Waals surface area contributed by atoms with Crippen molar-refractivity contribution in [3.05, 3.63) is 52.3 Å². The van der Waals surface area contributed by atoms with Crippen molar-refractivity contribution in [2.24, 2.45) is 11.7 Å². The molecule has 3 rings (SSSR count). The van der Waals surface area contributed by atoms with Gasteiger partial charge in [-0.2, -0.15) is 0 Å². The molecule has 1 aliphatic heterocycles. The van der Waals surface area contributed by atoms with Gasteiger partial charge in [0.05, 0.1) is 12.2 Å². The van der Waals surface area contributed by atoms with Gasteiger partial charge in [0, 0.05) is 23.8 Å². The average molecular weight is 427 g/mol. The van der Waals surface area contributed by atoms with E-state index in [1.165, 1.54) is 0 Å². The number of aromatic amines is 1. The number of ether oxygens (including phenoxy) is 1. The molecule has 0 spiro atoms. The molecule has 1 fully saturated rings. The van der Waals surface area contributed by atoms with E-state index in [0.717, 1.165) is 38.0 Å². The Morgan fingerprint density at radius 3 is 2.58 bits per heavy atom. The number of aromatic nitrogens is 1. The number of nitrogens with two attached hydrogens (primary N) is 1. The van der Waals surface area contributed by atoms with Crippen LogP contribution in [0.5, 0.6) is 0 Å². The van der Waals surface area contributed by atoms with Crippen molar-refractivity contribution in [3.63, 3.8) is 0 Å². The number of piperidine rings is 1. The number of rotatable bonds is 7. The normalized spacial score (nSPS) is 14.9. The summed E-state index contributed by atoms with van der Waals surface area (Å²) in [7, 11) is 0. The van der Waals surface area contributed by atoms with Crippen LogP contribution in [0.15, 0.2) is 24.3 Å². The van der Waals surface area contributed by atoms with Gasteiger partial charge in [0.1, 0.15) is 5.69 Å². The molecule has 0 atom stereocenters. The number of carbonyl (C=O) groups is 3. The molecule has 0 bridgehead atoms. The number of likely N-dealkylation sites (tertiary alicyclic amines) is 1. The minimum Gasteiger partial charge on any atom is -0.462 e. The summed E-state index contributed by atoms with van der Waals surface area (Å²) in [5.41, 5.74) is 9.08. The Kier molecular flexibility index (Phi) is 7.12. The number of nitrogens with one attached hydrogen (secondary N) is 2. The highest BCUT2D eigenvalue weighted by Crippen LogP contribution is 2.22. The molecule has 0 radical (unpaired) electrons. The van der Waals surface area contributed by atoms with E-state index >= 15 is 0 Å². The Morgan fingerprint density at radius 1 is 1.23 bits per heavy atom. The molecule has 2 aromatic rings. The highest BCUT2D eigenvalue weighted by atomic mass is 16.5. The lowest BCUT2D eigenvalue weighted by Crippen LogP contribution is -2.38. The second-order valence-corrected chi connectivity index (χ2v) is 7.95. The zero-order chi connectivity index (χ0) is 22.5. The zero-order valence-corrected chi connectivity index (χ0v) is 18.3. The minimum absolute atomic E-state index is 0.0335. The number of nitrogens with zero attached hydrogens (tertiary/aromatic N) is 1. The number of benzene rings is 1. The summed E-state index contributed by atoms with van der Waals surface area (Å²) in [6.45, 7) is 7.88. The van der Waals surface area contributed by atoms with E-state index in [1.807, 2.05) is 24.3 Å². The highest BCUT2D eigenvalue weighted by Gasteiger charge is 2.24. The first-order chi connectivity index (χ1) is 14.8. The number of amides is 2. The predicted molar refractivity (Wildman–Crippen MR) is 118 cm³/mol. The maximum Gasteiger partial charge on any atom is 0.340 e. The number of aryl methyl sites for hydroxylation is 1. The fourth-order valence-corrected chi connectivity index (χ4v) is 4.06. The molecule has 1 aliphatic rings. The van der Waals surface area contributed by atoms with E-state index in [9.17, 15) is 14.4 Å². The molecule has 1 aromatic carbocycles.